The number of imidazole rings is 1. The van der Waals surface area contributed by atoms with E-state index in [1.54, 1.807) is 20.4 Å². The molecule has 1 aromatic heterocycles. The first-order valence-corrected chi connectivity index (χ1v) is 9.54. The molecule has 2 aliphatic rings. The summed E-state index contributed by atoms with van der Waals surface area (Å²) >= 11 is 0. The Morgan fingerprint density at radius 1 is 1.07 bits per heavy atom. The molecule has 3 aromatic rings. The van der Waals surface area contributed by atoms with Crippen LogP contribution in [-0.2, 0) is 13.0 Å². The Morgan fingerprint density at radius 3 is 2.72 bits per heavy atom. The number of ether oxygens (including phenoxy) is 5. The summed E-state index contributed by atoms with van der Waals surface area (Å²) < 4.78 is 30.2. The van der Waals surface area contributed by atoms with Gasteiger partial charge in [0.15, 0.2) is 23.0 Å². The lowest BCUT2D eigenvalue weighted by Gasteiger charge is -2.27. The lowest BCUT2D eigenvalue weighted by molar-refractivity contribution is 0.174. The summed E-state index contributed by atoms with van der Waals surface area (Å²) in [5.41, 5.74) is 2.04. The molecular formula is C22H22N2O5. The fourth-order valence-electron chi connectivity index (χ4n) is 3.98. The van der Waals surface area contributed by atoms with Crippen LogP contribution >= 0.6 is 0 Å². The Bertz CT molecular complexity index is 1050. The molecule has 2 aliphatic heterocycles. The molecule has 5 rings (SSSR count). The Hall–Kier alpha value is -3.35. The Kier molecular flexibility index (Phi) is 4.42. The first-order chi connectivity index (χ1) is 14.3. The number of hydrogen-bond acceptors (Lipinski definition) is 6. The van der Waals surface area contributed by atoms with E-state index in [0.717, 1.165) is 35.9 Å². The zero-order chi connectivity index (χ0) is 19.8. The highest BCUT2D eigenvalue weighted by molar-refractivity contribution is 5.70. The molecule has 1 unspecified atom stereocenters. The zero-order valence-electron chi connectivity index (χ0n) is 16.4. The summed E-state index contributed by atoms with van der Waals surface area (Å²) in [5, 5.41) is 0. The van der Waals surface area contributed by atoms with Gasteiger partial charge in [-0.2, -0.15) is 0 Å². The van der Waals surface area contributed by atoms with Gasteiger partial charge in [-0.05, 0) is 24.1 Å². The van der Waals surface area contributed by atoms with Crippen molar-refractivity contribution in [3.8, 4) is 40.1 Å². The highest BCUT2D eigenvalue weighted by Crippen LogP contribution is 2.42. The van der Waals surface area contributed by atoms with Crippen molar-refractivity contribution in [2.45, 2.75) is 13.0 Å². The van der Waals surface area contributed by atoms with Crippen molar-refractivity contribution < 1.29 is 23.7 Å². The van der Waals surface area contributed by atoms with E-state index in [2.05, 4.69) is 15.6 Å². The molecule has 3 heterocycles. The monoisotopic (exact) mass is 394 g/mol. The van der Waals surface area contributed by atoms with Crippen molar-refractivity contribution in [3.63, 3.8) is 0 Å². The maximum atomic E-state index is 6.04. The molecule has 29 heavy (non-hydrogen) atoms. The normalized spacial score (nSPS) is 16.8. The topological polar surface area (TPSA) is 64.0 Å². The molecule has 0 spiro atoms. The van der Waals surface area contributed by atoms with Gasteiger partial charge in [0.25, 0.3) is 0 Å². The van der Waals surface area contributed by atoms with Crippen LogP contribution in [0.2, 0.25) is 0 Å². The van der Waals surface area contributed by atoms with Gasteiger partial charge >= 0.3 is 0 Å². The second-order valence-electron chi connectivity index (χ2n) is 7.14. The second-order valence-corrected chi connectivity index (χ2v) is 7.14. The minimum Gasteiger partial charge on any atom is -0.496 e. The smallest absolute Gasteiger partial charge is 0.231 e. The summed E-state index contributed by atoms with van der Waals surface area (Å²) in [4.78, 5) is 4.58. The van der Waals surface area contributed by atoms with Crippen LogP contribution in [0.3, 0.4) is 0 Å². The standard InChI is InChI=1S/C22H22N2O5/c1-25-17-5-3-4-15-8-14(12-27-21(15)17)11-24-7-6-23-22(24)16-9-19-20(29-13-28-19)10-18(16)26-2/h3-7,9-10,14H,8,11-13H2,1-2H3. The van der Waals surface area contributed by atoms with Crippen molar-refractivity contribution in [2.24, 2.45) is 5.92 Å². The molecule has 7 heteroatoms. The molecular weight excluding hydrogens is 372 g/mol. The quantitative estimate of drug-likeness (QED) is 0.660. The van der Waals surface area contributed by atoms with Gasteiger partial charge in [-0.3, -0.25) is 0 Å². The average Bonchev–Trinajstić information content (AvgIpc) is 3.40. The van der Waals surface area contributed by atoms with Crippen LogP contribution in [0.25, 0.3) is 11.4 Å². The number of para-hydroxylation sites is 1. The van der Waals surface area contributed by atoms with E-state index < -0.39 is 0 Å². The van der Waals surface area contributed by atoms with Crippen molar-refractivity contribution in [2.75, 3.05) is 27.6 Å². The summed E-state index contributed by atoms with van der Waals surface area (Å²) in [6.45, 7) is 1.63. The zero-order valence-corrected chi connectivity index (χ0v) is 16.4. The molecule has 0 aliphatic carbocycles. The van der Waals surface area contributed by atoms with E-state index in [1.165, 1.54) is 5.56 Å². The van der Waals surface area contributed by atoms with Crippen LogP contribution in [0.1, 0.15) is 5.56 Å². The highest BCUT2D eigenvalue weighted by Gasteiger charge is 2.25. The Balaban J connectivity index is 1.42. The largest absolute Gasteiger partial charge is 0.496 e. The molecule has 0 bridgehead atoms. The van der Waals surface area contributed by atoms with Crippen LogP contribution in [0.4, 0.5) is 0 Å². The summed E-state index contributed by atoms with van der Waals surface area (Å²) in [7, 11) is 3.31. The van der Waals surface area contributed by atoms with Gasteiger partial charge in [0.1, 0.15) is 11.6 Å². The fourth-order valence-corrected chi connectivity index (χ4v) is 3.98. The summed E-state index contributed by atoms with van der Waals surface area (Å²) in [6.07, 6.45) is 4.71. The van der Waals surface area contributed by atoms with Crippen LogP contribution in [0.15, 0.2) is 42.7 Å². The van der Waals surface area contributed by atoms with Gasteiger partial charge in [-0.25, -0.2) is 4.98 Å². The lowest BCUT2D eigenvalue weighted by Crippen LogP contribution is -2.25. The number of methoxy groups -OCH3 is 2. The molecule has 0 saturated carbocycles. The van der Waals surface area contributed by atoms with E-state index >= 15 is 0 Å². The number of nitrogens with zero attached hydrogens (tertiary/aromatic N) is 2. The van der Waals surface area contributed by atoms with Crippen LogP contribution in [0, 0.1) is 5.92 Å². The SMILES string of the molecule is COc1cc2c(cc1-c1nccn1CC1COc3c(cccc3OC)C1)OCO2. The molecule has 150 valence electrons. The van der Waals surface area contributed by atoms with Gasteiger partial charge in [-0.1, -0.05) is 12.1 Å². The molecule has 0 radical (unpaired) electrons. The molecule has 2 aromatic carbocycles. The molecule has 0 amide bonds. The number of benzene rings is 2. The third-order valence-electron chi connectivity index (χ3n) is 5.36. The minimum absolute atomic E-state index is 0.221. The number of fused-ring (bicyclic) bond motifs is 2. The minimum atomic E-state index is 0.221. The number of rotatable bonds is 5. The van der Waals surface area contributed by atoms with E-state index in [4.69, 9.17) is 23.7 Å². The van der Waals surface area contributed by atoms with E-state index in [9.17, 15) is 0 Å². The van der Waals surface area contributed by atoms with Gasteiger partial charge in [0, 0.05) is 30.9 Å². The number of aromatic nitrogens is 2. The average molecular weight is 394 g/mol. The molecule has 7 nitrogen and oxygen atoms in total. The lowest BCUT2D eigenvalue weighted by atomic mass is 9.96. The van der Waals surface area contributed by atoms with Gasteiger partial charge in [0.05, 0.1) is 26.4 Å². The molecule has 0 N–H and O–H groups in total. The van der Waals surface area contributed by atoms with Crippen LogP contribution in [-0.4, -0.2) is 37.2 Å². The van der Waals surface area contributed by atoms with E-state index in [0.29, 0.717) is 29.8 Å². The fraction of sp³-hybridized carbons (Fsp3) is 0.318. The third kappa shape index (κ3) is 3.12. The maximum Gasteiger partial charge on any atom is 0.231 e. The Labute approximate surface area is 168 Å². The molecule has 0 fully saturated rings. The molecule has 0 saturated heterocycles. The van der Waals surface area contributed by atoms with Crippen molar-refractivity contribution in [1.82, 2.24) is 9.55 Å². The van der Waals surface area contributed by atoms with Gasteiger partial charge < -0.3 is 28.3 Å². The number of hydrogen-bond donors (Lipinski definition) is 0. The maximum absolute atomic E-state index is 6.04. The molecule has 1 atom stereocenters. The van der Waals surface area contributed by atoms with Crippen molar-refractivity contribution in [3.05, 3.63) is 48.3 Å². The highest BCUT2D eigenvalue weighted by atomic mass is 16.7. The third-order valence-corrected chi connectivity index (χ3v) is 5.36. The Morgan fingerprint density at radius 2 is 1.90 bits per heavy atom. The van der Waals surface area contributed by atoms with Crippen molar-refractivity contribution >= 4 is 0 Å². The van der Waals surface area contributed by atoms with E-state index in [1.807, 2.05) is 30.5 Å². The van der Waals surface area contributed by atoms with Gasteiger partial charge in [-0.15, -0.1) is 0 Å². The second kappa shape index (κ2) is 7.24. The predicted molar refractivity (Wildman–Crippen MR) is 106 cm³/mol. The van der Waals surface area contributed by atoms with Crippen molar-refractivity contribution in [1.29, 1.82) is 0 Å². The first-order valence-electron chi connectivity index (χ1n) is 9.54. The van der Waals surface area contributed by atoms with E-state index in [-0.39, 0.29) is 6.79 Å². The predicted octanol–water partition coefficient (Wildman–Crippen LogP) is 3.55. The van der Waals surface area contributed by atoms with Gasteiger partial charge in [0.2, 0.25) is 6.79 Å². The first kappa shape index (κ1) is 17.7. The van der Waals surface area contributed by atoms with Crippen LogP contribution < -0.4 is 23.7 Å². The summed E-state index contributed by atoms with van der Waals surface area (Å²) in [5.74, 6) is 4.90. The summed E-state index contributed by atoms with van der Waals surface area (Å²) in [6, 6.07) is 9.81. The van der Waals surface area contributed by atoms with Crippen LogP contribution in [0.5, 0.6) is 28.7 Å².